The molecule has 0 aliphatic carbocycles. The molecule has 0 fully saturated rings. The first-order valence-electron chi connectivity index (χ1n) is 7.34. The van der Waals surface area contributed by atoms with Crippen molar-refractivity contribution in [2.75, 3.05) is 40.0 Å². The van der Waals surface area contributed by atoms with Crippen molar-refractivity contribution >= 4 is 14.9 Å². The van der Waals surface area contributed by atoms with Gasteiger partial charge in [0.15, 0.2) is 0 Å². The van der Waals surface area contributed by atoms with Crippen LogP contribution in [0.3, 0.4) is 0 Å². The second-order valence-electron chi connectivity index (χ2n) is 4.21. The third-order valence-electron chi connectivity index (χ3n) is 2.65. The largest absolute Gasteiger partial charge is 0.500 e. The summed E-state index contributed by atoms with van der Waals surface area (Å²) in [4.78, 5) is 13.1. The first-order chi connectivity index (χ1) is 9.55. The standard InChI is InChI=1S/C13H29NO5Si/c1-6-16-13(15)14(5)11-10-12-20(17-7-2,18-8-3)19-9-4/h6-12H2,1-5H3. The highest BCUT2D eigenvalue weighted by atomic mass is 28.4. The lowest BCUT2D eigenvalue weighted by atomic mass is 10.4. The molecule has 0 saturated carbocycles. The zero-order valence-corrected chi connectivity index (χ0v) is 14.4. The van der Waals surface area contributed by atoms with Gasteiger partial charge in [-0.05, 0) is 34.1 Å². The van der Waals surface area contributed by atoms with E-state index in [-0.39, 0.29) is 6.09 Å². The van der Waals surface area contributed by atoms with Gasteiger partial charge in [0.1, 0.15) is 0 Å². The highest BCUT2D eigenvalue weighted by Crippen LogP contribution is 2.18. The Morgan fingerprint density at radius 2 is 1.45 bits per heavy atom. The maximum absolute atomic E-state index is 11.5. The number of nitrogens with zero attached hydrogens (tertiary/aromatic N) is 1. The third-order valence-corrected chi connectivity index (χ3v) is 5.80. The van der Waals surface area contributed by atoms with Gasteiger partial charge in [0.05, 0.1) is 6.61 Å². The number of amides is 1. The Morgan fingerprint density at radius 1 is 0.950 bits per heavy atom. The molecule has 7 heteroatoms. The smallest absolute Gasteiger partial charge is 0.450 e. The maximum Gasteiger partial charge on any atom is 0.500 e. The van der Waals surface area contributed by atoms with E-state index in [2.05, 4.69) is 0 Å². The summed E-state index contributed by atoms with van der Waals surface area (Å²) in [5.41, 5.74) is 0. The van der Waals surface area contributed by atoms with Crippen molar-refractivity contribution in [2.24, 2.45) is 0 Å². The van der Waals surface area contributed by atoms with Gasteiger partial charge in [0, 0.05) is 39.5 Å². The number of carbonyl (C=O) groups excluding carboxylic acids is 1. The molecular weight excluding hydrogens is 278 g/mol. The van der Waals surface area contributed by atoms with Gasteiger partial charge in [-0.15, -0.1) is 0 Å². The summed E-state index contributed by atoms with van der Waals surface area (Å²) in [6, 6.07) is 0.701. The van der Waals surface area contributed by atoms with Gasteiger partial charge in [-0.2, -0.15) is 0 Å². The van der Waals surface area contributed by atoms with Crippen molar-refractivity contribution in [2.45, 2.75) is 40.2 Å². The van der Waals surface area contributed by atoms with Crippen molar-refractivity contribution in [3.8, 4) is 0 Å². The monoisotopic (exact) mass is 307 g/mol. The minimum Gasteiger partial charge on any atom is -0.450 e. The van der Waals surface area contributed by atoms with E-state index in [9.17, 15) is 4.79 Å². The van der Waals surface area contributed by atoms with E-state index in [0.29, 0.717) is 39.0 Å². The molecule has 0 radical (unpaired) electrons. The van der Waals surface area contributed by atoms with E-state index in [1.807, 2.05) is 20.8 Å². The van der Waals surface area contributed by atoms with Crippen LogP contribution in [0.1, 0.15) is 34.1 Å². The zero-order valence-electron chi connectivity index (χ0n) is 13.4. The van der Waals surface area contributed by atoms with Crippen LogP contribution >= 0.6 is 0 Å². The summed E-state index contributed by atoms with van der Waals surface area (Å²) < 4.78 is 22.2. The third kappa shape index (κ3) is 7.23. The summed E-state index contributed by atoms with van der Waals surface area (Å²) in [5, 5.41) is 0. The SMILES string of the molecule is CCOC(=O)N(C)CCC[Si](OCC)(OCC)OCC. The van der Waals surface area contributed by atoms with Crippen LogP contribution in [0.5, 0.6) is 0 Å². The van der Waals surface area contributed by atoms with Crippen LogP contribution < -0.4 is 0 Å². The average molecular weight is 307 g/mol. The Kier molecular flexibility index (Phi) is 10.7. The molecular formula is C13H29NO5Si. The van der Waals surface area contributed by atoms with Crippen molar-refractivity contribution in [1.29, 1.82) is 0 Å². The molecule has 6 nitrogen and oxygen atoms in total. The van der Waals surface area contributed by atoms with Crippen molar-refractivity contribution in [3.05, 3.63) is 0 Å². The maximum atomic E-state index is 11.5. The summed E-state index contributed by atoms with van der Waals surface area (Å²) >= 11 is 0. The van der Waals surface area contributed by atoms with E-state index >= 15 is 0 Å². The number of hydrogen-bond donors (Lipinski definition) is 0. The molecule has 0 spiro atoms. The molecule has 0 aromatic heterocycles. The van der Waals surface area contributed by atoms with E-state index in [1.54, 1.807) is 18.9 Å². The zero-order chi connectivity index (χ0) is 15.4. The predicted octanol–water partition coefficient (Wildman–Crippen LogP) is 2.51. The Hall–Kier alpha value is -0.633. The normalized spacial score (nSPS) is 11.4. The Bertz CT molecular complexity index is 248. The minimum atomic E-state index is -2.59. The Morgan fingerprint density at radius 3 is 1.85 bits per heavy atom. The summed E-state index contributed by atoms with van der Waals surface area (Å²) in [6.07, 6.45) is 0.464. The second-order valence-corrected chi connectivity index (χ2v) is 6.94. The van der Waals surface area contributed by atoms with Gasteiger partial charge in [-0.25, -0.2) is 4.79 Å². The van der Waals surface area contributed by atoms with Crippen molar-refractivity contribution in [3.63, 3.8) is 0 Å². The highest BCUT2D eigenvalue weighted by molar-refractivity contribution is 6.60. The lowest BCUT2D eigenvalue weighted by molar-refractivity contribution is 0.0694. The van der Waals surface area contributed by atoms with Crippen molar-refractivity contribution in [1.82, 2.24) is 4.90 Å². The van der Waals surface area contributed by atoms with E-state index < -0.39 is 8.80 Å². The van der Waals surface area contributed by atoms with Gasteiger partial charge in [-0.3, -0.25) is 0 Å². The first kappa shape index (κ1) is 19.4. The Balaban J connectivity index is 4.33. The summed E-state index contributed by atoms with van der Waals surface area (Å²) in [6.45, 7) is 10.3. The summed E-state index contributed by atoms with van der Waals surface area (Å²) in [7, 11) is -0.869. The fraction of sp³-hybridized carbons (Fsp3) is 0.923. The molecule has 0 N–H and O–H groups in total. The molecule has 0 aromatic rings. The molecule has 0 aromatic carbocycles. The molecule has 0 saturated heterocycles. The summed E-state index contributed by atoms with van der Waals surface area (Å²) in [5.74, 6) is 0. The van der Waals surface area contributed by atoms with Crippen LogP contribution in [-0.4, -0.2) is 59.8 Å². The number of ether oxygens (including phenoxy) is 1. The van der Waals surface area contributed by atoms with E-state index in [1.165, 1.54) is 0 Å². The molecule has 120 valence electrons. The number of hydrogen-bond acceptors (Lipinski definition) is 5. The average Bonchev–Trinajstić information content (AvgIpc) is 2.39. The highest BCUT2D eigenvalue weighted by Gasteiger charge is 2.39. The lowest BCUT2D eigenvalue weighted by Gasteiger charge is -2.29. The first-order valence-corrected chi connectivity index (χ1v) is 9.28. The van der Waals surface area contributed by atoms with Gasteiger partial charge in [0.25, 0.3) is 0 Å². The van der Waals surface area contributed by atoms with E-state index in [4.69, 9.17) is 18.0 Å². The molecule has 0 aliphatic heterocycles. The van der Waals surface area contributed by atoms with Crippen LogP contribution in [0, 0.1) is 0 Å². The van der Waals surface area contributed by atoms with Crippen LogP contribution in [0.4, 0.5) is 4.79 Å². The van der Waals surface area contributed by atoms with Crippen LogP contribution in [-0.2, 0) is 18.0 Å². The molecule has 0 bridgehead atoms. The number of rotatable bonds is 11. The van der Waals surface area contributed by atoms with Crippen LogP contribution in [0.2, 0.25) is 6.04 Å². The molecule has 0 atom stereocenters. The van der Waals surface area contributed by atoms with Crippen LogP contribution in [0.15, 0.2) is 0 Å². The van der Waals surface area contributed by atoms with Gasteiger partial charge in [0.2, 0.25) is 0 Å². The van der Waals surface area contributed by atoms with Crippen molar-refractivity contribution < 1.29 is 22.8 Å². The minimum absolute atomic E-state index is 0.302. The molecule has 0 aliphatic rings. The quantitative estimate of drug-likeness (QED) is 0.549. The second kappa shape index (κ2) is 11.1. The van der Waals surface area contributed by atoms with Gasteiger partial charge < -0.3 is 22.9 Å². The number of carbonyl (C=O) groups is 1. The molecule has 20 heavy (non-hydrogen) atoms. The molecule has 0 unspecified atom stereocenters. The van der Waals surface area contributed by atoms with E-state index in [0.717, 1.165) is 6.42 Å². The lowest BCUT2D eigenvalue weighted by Crippen LogP contribution is -2.46. The Labute approximate surface area is 123 Å². The predicted molar refractivity (Wildman–Crippen MR) is 79.7 cm³/mol. The van der Waals surface area contributed by atoms with Gasteiger partial charge in [-0.1, -0.05) is 0 Å². The topological polar surface area (TPSA) is 57.2 Å². The molecule has 0 heterocycles. The molecule has 0 rings (SSSR count). The van der Waals surface area contributed by atoms with Crippen LogP contribution in [0.25, 0.3) is 0 Å². The van der Waals surface area contributed by atoms with Gasteiger partial charge >= 0.3 is 14.9 Å². The fourth-order valence-electron chi connectivity index (χ4n) is 1.86. The fourth-order valence-corrected chi connectivity index (χ4v) is 4.45. The molecule has 1 amide bonds.